The molecule has 0 bridgehead atoms. The van der Waals surface area contributed by atoms with E-state index in [1.54, 1.807) is 29.5 Å². The summed E-state index contributed by atoms with van der Waals surface area (Å²) in [4.78, 5) is 20.5. The molecule has 1 aliphatic rings. The zero-order chi connectivity index (χ0) is 9.68. The molecule has 0 radical (unpaired) electrons. The lowest BCUT2D eigenvalue weighted by Gasteiger charge is -2.01. The summed E-state index contributed by atoms with van der Waals surface area (Å²) in [6, 6.07) is 1.49. The van der Waals surface area contributed by atoms with E-state index in [2.05, 4.69) is 4.37 Å². The zero-order valence-corrected chi connectivity index (χ0v) is 8.78. The molecule has 2 rings (SSSR count). The molecule has 6 heteroatoms. The molecule has 0 spiro atoms. The van der Waals surface area contributed by atoms with Crippen LogP contribution in [0.1, 0.15) is 6.42 Å². The first-order valence-corrected chi connectivity index (χ1v) is 5.48. The minimum absolute atomic E-state index is 0.0787. The number of rotatable bonds is 0. The normalized spacial score (nSPS) is 15.5. The molecule has 1 fully saturated rings. The second-order valence-electron chi connectivity index (χ2n) is 2.35. The molecule has 4 nitrogen and oxygen atoms in total. The maximum absolute atomic E-state index is 10.5. The lowest BCUT2D eigenvalue weighted by Crippen LogP contribution is -2.10. The van der Waals surface area contributed by atoms with Gasteiger partial charge < -0.3 is 4.37 Å². The fraction of sp³-hybridized carbons (Fsp3) is 0.429. The van der Waals surface area contributed by atoms with Gasteiger partial charge in [0.15, 0.2) is 0 Å². The first-order valence-electron chi connectivity index (χ1n) is 3.72. The van der Waals surface area contributed by atoms with Crippen molar-refractivity contribution < 1.29 is 4.79 Å². The average Bonchev–Trinajstić information content (AvgIpc) is 2.67. The van der Waals surface area contributed by atoms with Gasteiger partial charge >= 0.3 is 0 Å². The van der Waals surface area contributed by atoms with Crippen LogP contribution < -0.4 is 4.74 Å². The minimum atomic E-state index is 0.0787. The molecule has 13 heavy (non-hydrogen) atoms. The molecular weight excluding hydrogens is 208 g/mol. The summed E-state index contributed by atoms with van der Waals surface area (Å²) >= 11 is 2.69. The Balaban J connectivity index is 0.000000132. The Hall–Kier alpha value is -0.750. The van der Waals surface area contributed by atoms with E-state index in [0.717, 1.165) is 23.7 Å². The van der Waals surface area contributed by atoms with Crippen molar-refractivity contribution in [2.45, 2.75) is 6.42 Å². The summed E-state index contributed by atoms with van der Waals surface area (Å²) in [7, 11) is 1.81. The van der Waals surface area contributed by atoms with Crippen LogP contribution in [0.4, 0.5) is 0 Å². The van der Waals surface area contributed by atoms with Gasteiger partial charge in [-0.15, -0.1) is 0 Å². The van der Waals surface area contributed by atoms with Gasteiger partial charge in [-0.3, -0.25) is 13.9 Å². The van der Waals surface area contributed by atoms with Crippen molar-refractivity contribution in [3.63, 3.8) is 0 Å². The van der Waals surface area contributed by atoms with Crippen LogP contribution in [0.15, 0.2) is 17.1 Å². The summed E-state index contributed by atoms with van der Waals surface area (Å²) < 4.78 is 4.42. The first kappa shape index (κ1) is 10.3. The van der Waals surface area contributed by atoms with Gasteiger partial charge in [0.1, 0.15) is 0 Å². The van der Waals surface area contributed by atoms with Gasteiger partial charge in [0.2, 0.25) is 10.6 Å². The van der Waals surface area contributed by atoms with E-state index in [9.17, 15) is 9.59 Å². The van der Waals surface area contributed by atoms with Crippen molar-refractivity contribution in [1.82, 2.24) is 8.68 Å². The zero-order valence-electron chi connectivity index (χ0n) is 7.15. The van der Waals surface area contributed by atoms with Crippen LogP contribution in [0.25, 0.3) is 0 Å². The van der Waals surface area contributed by atoms with Crippen LogP contribution >= 0.6 is 23.5 Å². The van der Waals surface area contributed by atoms with Crippen LogP contribution in [-0.2, 0) is 4.79 Å². The number of aromatic nitrogens is 1. The smallest absolute Gasteiger partial charge is 0.249 e. The molecule has 0 atom stereocenters. The average molecular weight is 218 g/mol. The highest BCUT2D eigenvalue weighted by Gasteiger charge is 2.15. The topological polar surface area (TPSA) is 53.2 Å². The molecule has 1 amide bonds. The number of carbonyl (C=O) groups excluding carboxylic acids is 1. The number of carbonyl (C=O) groups is 1. The highest BCUT2D eigenvalue weighted by atomic mass is 32.2. The first-order chi connectivity index (χ1) is 6.20. The van der Waals surface area contributed by atoms with Gasteiger partial charge in [-0.2, -0.15) is 0 Å². The fourth-order valence-electron chi connectivity index (χ4n) is 0.728. The van der Waals surface area contributed by atoms with E-state index >= 15 is 0 Å². The third-order valence-electron chi connectivity index (χ3n) is 1.40. The number of nitrogens with one attached hydrogen (secondary N) is 1. The Labute approximate surface area is 84.2 Å². The van der Waals surface area contributed by atoms with Crippen molar-refractivity contribution in [3.05, 3.63) is 21.8 Å². The molecule has 1 aromatic rings. The second-order valence-corrected chi connectivity index (χ2v) is 4.40. The Morgan fingerprint density at radius 3 is 2.46 bits per heavy atom. The lowest BCUT2D eigenvalue weighted by atomic mass is 10.5. The summed E-state index contributed by atoms with van der Waals surface area (Å²) in [5, 5.41) is 0. The van der Waals surface area contributed by atoms with Crippen molar-refractivity contribution >= 4 is 29.4 Å². The molecule has 0 aromatic carbocycles. The van der Waals surface area contributed by atoms with Crippen LogP contribution in [0.5, 0.6) is 0 Å². The number of hydrogen-bond acceptors (Lipinski definition) is 4. The molecule has 1 aromatic heterocycles. The summed E-state index contributed by atoms with van der Waals surface area (Å²) in [6.07, 6.45) is 2.34. The van der Waals surface area contributed by atoms with Gasteiger partial charge in [0.25, 0.3) is 0 Å². The predicted octanol–water partition coefficient (Wildman–Crippen LogP) is 0.933. The molecular formula is C7H10N2O2S2. The Kier molecular flexibility index (Phi) is 4.04. The monoisotopic (exact) mass is 218 g/mol. The maximum Gasteiger partial charge on any atom is 0.249 e. The molecule has 0 aliphatic carbocycles. The van der Waals surface area contributed by atoms with Crippen molar-refractivity contribution in [1.29, 1.82) is 0 Å². The SMILES string of the molecule is CN1SCCC1=O.O=c1cc[nH]s1. The number of nitrogens with zero attached hydrogens (tertiary/aromatic N) is 1. The summed E-state index contributed by atoms with van der Waals surface area (Å²) in [5.74, 6) is 1.22. The standard InChI is InChI=1S/C4H7NOS.C3H3NOS/c1-5-4(6)2-3-7-5;5-3-1-2-4-6-3/h2-3H2,1H3;1-2,4H. The van der Waals surface area contributed by atoms with Gasteiger partial charge in [-0.05, 0) is 23.5 Å². The van der Waals surface area contributed by atoms with Crippen LogP contribution in [0.2, 0.25) is 0 Å². The molecule has 1 aliphatic heterocycles. The quantitative estimate of drug-likeness (QED) is 0.659. The number of H-pyrrole nitrogens is 1. The van der Waals surface area contributed by atoms with E-state index in [4.69, 9.17) is 0 Å². The predicted molar refractivity (Wildman–Crippen MR) is 54.8 cm³/mol. The molecule has 72 valence electrons. The van der Waals surface area contributed by atoms with Gasteiger partial charge in [-0.1, -0.05) is 0 Å². The highest BCUT2D eigenvalue weighted by Crippen LogP contribution is 2.17. The van der Waals surface area contributed by atoms with E-state index in [1.807, 2.05) is 0 Å². The Morgan fingerprint density at radius 1 is 1.54 bits per heavy atom. The highest BCUT2D eigenvalue weighted by molar-refractivity contribution is 7.97. The fourth-order valence-corrected chi connectivity index (χ4v) is 1.89. The summed E-state index contributed by atoms with van der Waals surface area (Å²) in [6.45, 7) is 0. The molecule has 1 N–H and O–H groups in total. The van der Waals surface area contributed by atoms with Crippen molar-refractivity contribution in [2.24, 2.45) is 0 Å². The van der Waals surface area contributed by atoms with E-state index in [0.29, 0.717) is 0 Å². The maximum atomic E-state index is 10.5. The van der Waals surface area contributed by atoms with E-state index in [1.165, 1.54) is 6.07 Å². The third kappa shape index (κ3) is 3.65. The van der Waals surface area contributed by atoms with Crippen LogP contribution in [-0.4, -0.2) is 27.4 Å². The molecule has 2 heterocycles. The second kappa shape index (κ2) is 5.08. The Morgan fingerprint density at radius 2 is 2.31 bits per heavy atom. The minimum Gasteiger partial charge on any atom is -0.315 e. The molecule has 0 unspecified atom stereocenters. The van der Waals surface area contributed by atoms with Gasteiger partial charge in [0, 0.05) is 31.5 Å². The Bertz CT molecular complexity index is 304. The van der Waals surface area contributed by atoms with E-state index < -0.39 is 0 Å². The van der Waals surface area contributed by atoms with Crippen LogP contribution in [0.3, 0.4) is 0 Å². The summed E-state index contributed by atoms with van der Waals surface area (Å²) in [5.41, 5.74) is 0. The molecule has 0 saturated carbocycles. The van der Waals surface area contributed by atoms with E-state index in [-0.39, 0.29) is 10.6 Å². The van der Waals surface area contributed by atoms with Crippen LogP contribution in [0, 0.1) is 0 Å². The van der Waals surface area contributed by atoms with Crippen molar-refractivity contribution in [3.8, 4) is 0 Å². The van der Waals surface area contributed by atoms with Gasteiger partial charge in [0.05, 0.1) is 0 Å². The number of aromatic amines is 1. The largest absolute Gasteiger partial charge is 0.315 e. The number of hydrogen-bond donors (Lipinski definition) is 1. The van der Waals surface area contributed by atoms with Gasteiger partial charge in [-0.25, -0.2) is 0 Å². The number of amides is 1. The molecule has 1 saturated heterocycles. The van der Waals surface area contributed by atoms with Crippen molar-refractivity contribution in [2.75, 3.05) is 12.8 Å². The lowest BCUT2D eigenvalue weighted by molar-refractivity contribution is -0.124. The third-order valence-corrected chi connectivity index (χ3v) is 2.97.